The minimum atomic E-state index is 0.425. The largest absolute Gasteiger partial charge is 0.494 e. The van der Waals surface area contributed by atoms with Crippen LogP contribution in [0, 0.1) is 5.92 Å². The highest BCUT2D eigenvalue weighted by molar-refractivity contribution is 6.30. The summed E-state index contributed by atoms with van der Waals surface area (Å²) < 4.78 is 5.25. The molecule has 3 nitrogen and oxygen atoms in total. The van der Waals surface area contributed by atoms with E-state index in [4.69, 9.17) is 16.3 Å². The lowest BCUT2D eigenvalue weighted by Gasteiger charge is -2.27. The summed E-state index contributed by atoms with van der Waals surface area (Å²) in [7, 11) is 1.62. The summed E-state index contributed by atoms with van der Waals surface area (Å²) in [6, 6.07) is 2.47. The Morgan fingerprint density at radius 2 is 2.33 bits per heavy atom. The fourth-order valence-electron chi connectivity index (χ4n) is 3.04. The highest BCUT2D eigenvalue weighted by atomic mass is 35.5. The maximum atomic E-state index is 5.98. The number of rotatable bonds is 2. The van der Waals surface area contributed by atoms with Crippen molar-refractivity contribution in [3.8, 4) is 5.75 Å². The van der Waals surface area contributed by atoms with Gasteiger partial charge in [-0.1, -0.05) is 17.7 Å². The molecule has 1 aromatic rings. The molecule has 1 saturated heterocycles. The maximum Gasteiger partial charge on any atom is 0.171 e. The molecule has 1 N–H and O–H groups in total. The predicted octanol–water partition coefficient (Wildman–Crippen LogP) is 2.90. The molecule has 1 aliphatic carbocycles. The van der Waals surface area contributed by atoms with Gasteiger partial charge in [0, 0.05) is 17.8 Å². The molecule has 1 aliphatic heterocycles. The second kappa shape index (κ2) is 4.90. The maximum absolute atomic E-state index is 5.98. The Bertz CT molecular complexity index is 487. The third-order valence-electron chi connectivity index (χ3n) is 3.95. The van der Waals surface area contributed by atoms with Crippen molar-refractivity contribution in [3.05, 3.63) is 29.1 Å². The number of aromatic nitrogens is 1. The molecule has 3 rings (SSSR count). The van der Waals surface area contributed by atoms with Crippen molar-refractivity contribution in [2.75, 3.05) is 13.7 Å². The van der Waals surface area contributed by atoms with E-state index in [1.54, 1.807) is 7.11 Å². The molecule has 2 heterocycles. The lowest BCUT2D eigenvalue weighted by atomic mass is 9.82. The molecule has 0 spiro atoms. The smallest absolute Gasteiger partial charge is 0.171 e. The van der Waals surface area contributed by atoms with Gasteiger partial charge in [-0.2, -0.15) is 0 Å². The van der Waals surface area contributed by atoms with Gasteiger partial charge in [0.05, 0.1) is 7.11 Å². The number of fused-ring (bicyclic) bond motifs is 1. The molecule has 1 fully saturated rings. The van der Waals surface area contributed by atoms with Gasteiger partial charge in [-0.3, -0.25) is 0 Å². The average molecular weight is 265 g/mol. The van der Waals surface area contributed by atoms with Crippen molar-refractivity contribution >= 4 is 17.2 Å². The summed E-state index contributed by atoms with van der Waals surface area (Å²) in [5, 5.41) is 4.01. The van der Waals surface area contributed by atoms with E-state index in [1.807, 2.05) is 12.3 Å². The van der Waals surface area contributed by atoms with E-state index < -0.39 is 0 Å². The van der Waals surface area contributed by atoms with Crippen molar-refractivity contribution < 1.29 is 4.74 Å². The molecule has 96 valence electrons. The molecule has 0 aromatic carbocycles. The number of hydrogen-bond acceptors (Lipinski definition) is 3. The number of hydrogen-bond donors (Lipinski definition) is 1. The fourth-order valence-corrected chi connectivity index (χ4v) is 3.22. The van der Waals surface area contributed by atoms with Gasteiger partial charge in [-0.25, -0.2) is 4.98 Å². The molecule has 18 heavy (non-hydrogen) atoms. The van der Waals surface area contributed by atoms with E-state index in [-0.39, 0.29) is 0 Å². The van der Waals surface area contributed by atoms with E-state index in [2.05, 4.69) is 16.4 Å². The quantitative estimate of drug-likeness (QED) is 0.834. The molecule has 0 bridgehead atoms. The lowest BCUT2D eigenvalue weighted by molar-refractivity contribution is 0.412. The van der Waals surface area contributed by atoms with Crippen LogP contribution in [0.3, 0.4) is 0 Å². The van der Waals surface area contributed by atoms with Gasteiger partial charge in [0.2, 0.25) is 0 Å². The summed E-state index contributed by atoms with van der Waals surface area (Å²) in [6.45, 7) is 1.12. The Balaban J connectivity index is 1.96. The fraction of sp³-hybridized carbons (Fsp3) is 0.500. The first-order valence-corrected chi connectivity index (χ1v) is 6.80. The van der Waals surface area contributed by atoms with Gasteiger partial charge >= 0.3 is 0 Å². The number of halogens is 1. The van der Waals surface area contributed by atoms with Crippen LogP contribution in [0.1, 0.15) is 24.8 Å². The Hall–Kier alpha value is -1.06. The normalized spacial score (nSPS) is 26.7. The van der Waals surface area contributed by atoms with Crippen molar-refractivity contribution in [2.24, 2.45) is 5.92 Å². The minimum absolute atomic E-state index is 0.425. The van der Waals surface area contributed by atoms with Gasteiger partial charge in [0.25, 0.3) is 0 Å². The molecule has 2 aliphatic rings. The van der Waals surface area contributed by atoms with Gasteiger partial charge in [-0.15, -0.1) is 0 Å². The summed E-state index contributed by atoms with van der Waals surface area (Å²) in [5.41, 5.74) is 2.48. The van der Waals surface area contributed by atoms with E-state index in [9.17, 15) is 0 Å². The number of pyridine rings is 1. The van der Waals surface area contributed by atoms with E-state index in [0.29, 0.717) is 16.9 Å². The highest BCUT2D eigenvalue weighted by Crippen LogP contribution is 2.37. The number of ether oxygens (including phenoxy) is 1. The lowest BCUT2D eigenvalue weighted by Crippen LogP contribution is -2.30. The van der Waals surface area contributed by atoms with Crippen LogP contribution >= 0.6 is 11.6 Å². The van der Waals surface area contributed by atoms with E-state index in [1.165, 1.54) is 18.4 Å². The second-order valence-electron chi connectivity index (χ2n) is 4.93. The summed E-state index contributed by atoms with van der Waals surface area (Å²) in [5.74, 6) is 1.42. The summed E-state index contributed by atoms with van der Waals surface area (Å²) in [4.78, 5) is 4.21. The molecule has 0 amide bonds. The number of allylic oxidation sites excluding steroid dienone is 1. The number of nitrogens with one attached hydrogen (secondary N) is 1. The Kier molecular flexibility index (Phi) is 3.27. The van der Waals surface area contributed by atoms with Crippen LogP contribution in [0.25, 0.3) is 5.57 Å². The van der Waals surface area contributed by atoms with Crippen molar-refractivity contribution in [3.63, 3.8) is 0 Å². The Morgan fingerprint density at radius 1 is 1.44 bits per heavy atom. The zero-order valence-corrected chi connectivity index (χ0v) is 11.2. The standard InChI is InChI=1S/C14H17ClN2O/c1-18-12-7-10(8-17-14(12)15)11-4-2-3-9-5-6-16-13(9)11/h4,7-9,13,16H,2-3,5-6H2,1H3. The summed E-state index contributed by atoms with van der Waals surface area (Å²) in [6.07, 6.45) is 7.89. The predicted molar refractivity (Wildman–Crippen MR) is 72.9 cm³/mol. The van der Waals surface area contributed by atoms with Gasteiger partial charge < -0.3 is 10.1 Å². The topological polar surface area (TPSA) is 34.1 Å². The Morgan fingerprint density at radius 3 is 3.17 bits per heavy atom. The van der Waals surface area contributed by atoms with Crippen molar-refractivity contribution in [2.45, 2.75) is 25.3 Å². The van der Waals surface area contributed by atoms with Crippen LogP contribution in [0.5, 0.6) is 5.75 Å². The highest BCUT2D eigenvalue weighted by Gasteiger charge is 2.32. The molecular formula is C14H17ClN2O. The molecule has 2 atom stereocenters. The first kappa shape index (κ1) is 12.0. The molecule has 0 saturated carbocycles. The monoisotopic (exact) mass is 264 g/mol. The third-order valence-corrected chi connectivity index (χ3v) is 4.23. The zero-order valence-electron chi connectivity index (χ0n) is 10.4. The SMILES string of the molecule is COc1cc(C2=CCCC3CCNC23)cnc1Cl. The molecule has 4 heteroatoms. The average Bonchev–Trinajstić information content (AvgIpc) is 2.87. The van der Waals surface area contributed by atoms with Crippen molar-refractivity contribution in [1.82, 2.24) is 10.3 Å². The first-order chi connectivity index (χ1) is 8.79. The second-order valence-corrected chi connectivity index (χ2v) is 5.29. The zero-order chi connectivity index (χ0) is 12.5. The van der Waals surface area contributed by atoms with Crippen LogP contribution in [-0.4, -0.2) is 24.7 Å². The molecule has 1 aromatic heterocycles. The first-order valence-electron chi connectivity index (χ1n) is 6.43. The van der Waals surface area contributed by atoms with Crippen molar-refractivity contribution in [1.29, 1.82) is 0 Å². The third kappa shape index (κ3) is 2.02. The van der Waals surface area contributed by atoms with Crippen LogP contribution < -0.4 is 10.1 Å². The van der Waals surface area contributed by atoms with Crippen LogP contribution in [0.15, 0.2) is 18.3 Å². The minimum Gasteiger partial charge on any atom is -0.494 e. The van der Waals surface area contributed by atoms with Gasteiger partial charge in [0.15, 0.2) is 10.9 Å². The number of nitrogens with zero attached hydrogens (tertiary/aromatic N) is 1. The van der Waals surface area contributed by atoms with E-state index in [0.717, 1.165) is 24.4 Å². The molecule has 0 radical (unpaired) electrons. The number of methoxy groups -OCH3 is 1. The van der Waals surface area contributed by atoms with Crippen LogP contribution in [0.2, 0.25) is 5.15 Å². The van der Waals surface area contributed by atoms with Gasteiger partial charge in [-0.05, 0) is 43.4 Å². The van der Waals surface area contributed by atoms with E-state index >= 15 is 0 Å². The van der Waals surface area contributed by atoms with Crippen LogP contribution in [-0.2, 0) is 0 Å². The van der Waals surface area contributed by atoms with Gasteiger partial charge in [0.1, 0.15) is 0 Å². The molecule has 2 unspecified atom stereocenters. The Labute approximate surface area is 112 Å². The molecular weight excluding hydrogens is 248 g/mol. The summed E-state index contributed by atoms with van der Waals surface area (Å²) >= 11 is 5.98. The van der Waals surface area contributed by atoms with Crippen LogP contribution in [0.4, 0.5) is 0 Å².